The van der Waals surface area contributed by atoms with E-state index in [0.29, 0.717) is 16.8 Å². The summed E-state index contributed by atoms with van der Waals surface area (Å²) in [6.07, 6.45) is 4.09. The molecule has 0 aromatic carbocycles. The van der Waals surface area contributed by atoms with Crippen molar-refractivity contribution in [3.05, 3.63) is 30.2 Å². The van der Waals surface area contributed by atoms with Crippen LogP contribution in [-0.4, -0.2) is 67.5 Å². The summed E-state index contributed by atoms with van der Waals surface area (Å²) < 4.78 is 1.47. The molecule has 3 rings (SSSR count). The van der Waals surface area contributed by atoms with Gasteiger partial charge in [0.1, 0.15) is 23.8 Å². The second-order valence-corrected chi connectivity index (χ2v) is 8.44. The van der Waals surface area contributed by atoms with Gasteiger partial charge in [-0.15, -0.1) is 5.10 Å². The number of pyridine rings is 1. The minimum atomic E-state index is -0.761. The highest BCUT2D eigenvalue weighted by molar-refractivity contribution is 5.90. The molecule has 1 saturated heterocycles. The third-order valence-electron chi connectivity index (χ3n) is 5.10. The highest BCUT2D eigenvalue weighted by Crippen LogP contribution is 2.34. The van der Waals surface area contributed by atoms with Gasteiger partial charge in [-0.2, -0.15) is 5.26 Å². The van der Waals surface area contributed by atoms with E-state index in [9.17, 15) is 14.7 Å². The van der Waals surface area contributed by atoms with E-state index in [-0.39, 0.29) is 24.8 Å². The number of aromatic nitrogens is 4. The first-order valence-electron chi connectivity index (χ1n) is 9.63. The van der Waals surface area contributed by atoms with Crippen LogP contribution in [0.15, 0.2) is 24.7 Å². The number of likely N-dealkylation sites (N-methyl/N-ethyl adjacent to an activating group) is 1. The lowest BCUT2D eigenvalue weighted by atomic mass is 9.85. The molecule has 2 aromatic rings. The van der Waals surface area contributed by atoms with Crippen molar-refractivity contribution < 1.29 is 14.7 Å². The summed E-state index contributed by atoms with van der Waals surface area (Å²) >= 11 is 0. The average Bonchev–Trinajstić information content (AvgIpc) is 3.33. The molecule has 0 saturated carbocycles. The lowest BCUT2D eigenvalue weighted by molar-refractivity contribution is -0.144. The molecule has 0 bridgehead atoms. The van der Waals surface area contributed by atoms with Crippen LogP contribution in [0.25, 0.3) is 11.3 Å². The molecule has 10 heteroatoms. The van der Waals surface area contributed by atoms with E-state index in [1.807, 2.05) is 26.8 Å². The average molecular weight is 411 g/mol. The second-order valence-electron chi connectivity index (χ2n) is 8.44. The standard InChI is InChI=1S/C20H25N7O3/c1-20(2,3)17(19(30)26-10-14(28)6-16(26)18(29)22-4)27-11-15(24-25-27)13-5-12(7-21)8-23-9-13/h5,8-9,11,14,16-17,28H,6,10H2,1-4H3,(H,22,29)/t14-,16+,17-/m1/s1. The van der Waals surface area contributed by atoms with Crippen LogP contribution in [0.3, 0.4) is 0 Å². The van der Waals surface area contributed by atoms with Gasteiger partial charge in [0.05, 0.1) is 17.9 Å². The predicted octanol–water partition coefficient (Wildman–Crippen LogP) is 0.507. The molecule has 0 aliphatic carbocycles. The number of nitrogens with one attached hydrogen (secondary N) is 1. The molecule has 3 heterocycles. The molecule has 10 nitrogen and oxygen atoms in total. The molecule has 2 amide bonds. The Bertz CT molecular complexity index is 989. The minimum absolute atomic E-state index is 0.0825. The number of hydrogen-bond donors (Lipinski definition) is 2. The van der Waals surface area contributed by atoms with Crippen molar-refractivity contribution in [1.29, 1.82) is 5.26 Å². The van der Waals surface area contributed by atoms with Gasteiger partial charge in [0, 0.05) is 38.0 Å². The molecule has 2 aromatic heterocycles. The lowest BCUT2D eigenvalue weighted by Gasteiger charge is -2.34. The van der Waals surface area contributed by atoms with Gasteiger partial charge in [0.15, 0.2) is 0 Å². The molecule has 0 spiro atoms. The van der Waals surface area contributed by atoms with Crippen LogP contribution in [0.4, 0.5) is 0 Å². The minimum Gasteiger partial charge on any atom is -0.391 e. The molecule has 1 fully saturated rings. The number of rotatable bonds is 4. The highest BCUT2D eigenvalue weighted by atomic mass is 16.3. The van der Waals surface area contributed by atoms with Crippen molar-refractivity contribution >= 4 is 11.8 Å². The summed E-state index contributed by atoms with van der Waals surface area (Å²) in [5, 5.41) is 30.0. The number of aliphatic hydroxyl groups excluding tert-OH is 1. The number of hydrogen-bond acceptors (Lipinski definition) is 7. The van der Waals surface area contributed by atoms with Crippen molar-refractivity contribution in [2.45, 2.75) is 45.4 Å². The number of amides is 2. The number of nitriles is 1. The molecule has 2 N–H and O–H groups in total. The molecular weight excluding hydrogens is 386 g/mol. The summed E-state index contributed by atoms with van der Waals surface area (Å²) in [7, 11) is 1.50. The van der Waals surface area contributed by atoms with E-state index >= 15 is 0 Å². The van der Waals surface area contributed by atoms with Crippen LogP contribution in [0.5, 0.6) is 0 Å². The van der Waals surface area contributed by atoms with Crippen molar-refractivity contribution in [2.24, 2.45) is 5.41 Å². The van der Waals surface area contributed by atoms with Crippen LogP contribution < -0.4 is 5.32 Å². The fourth-order valence-corrected chi connectivity index (χ4v) is 3.69. The third-order valence-corrected chi connectivity index (χ3v) is 5.10. The first kappa shape index (κ1) is 21.4. The van der Waals surface area contributed by atoms with Gasteiger partial charge < -0.3 is 15.3 Å². The Morgan fingerprint density at radius 3 is 2.73 bits per heavy atom. The van der Waals surface area contributed by atoms with E-state index in [4.69, 9.17) is 5.26 Å². The van der Waals surface area contributed by atoms with E-state index in [1.165, 1.54) is 22.8 Å². The Morgan fingerprint density at radius 2 is 2.10 bits per heavy atom. The number of nitrogens with zero attached hydrogens (tertiary/aromatic N) is 6. The Balaban J connectivity index is 1.96. The number of β-amino-alcohol motifs (C(OH)–C–C–N with tert-alkyl or cyclic N) is 1. The molecule has 0 radical (unpaired) electrons. The number of likely N-dealkylation sites (tertiary alicyclic amines) is 1. The zero-order valence-corrected chi connectivity index (χ0v) is 17.4. The van der Waals surface area contributed by atoms with Gasteiger partial charge in [-0.25, -0.2) is 4.68 Å². The quantitative estimate of drug-likeness (QED) is 0.747. The Kier molecular flexibility index (Phi) is 5.85. The zero-order chi connectivity index (χ0) is 22.1. The Labute approximate surface area is 174 Å². The summed E-state index contributed by atoms with van der Waals surface area (Å²) in [6.45, 7) is 5.78. The van der Waals surface area contributed by atoms with Crippen LogP contribution >= 0.6 is 0 Å². The van der Waals surface area contributed by atoms with Crippen molar-refractivity contribution in [2.75, 3.05) is 13.6 Å². The maximum Gasteiger partial charge on any atom is 0.248 e. The number of carbonyl (C=O) groups is 2. The zero-order valence-electron chi connectivity index (χ0n) is 17.4. The van der Waals surface area contributed by atoms with E-state index in [2.05, 4.69) is 20.6 Å². The third kappa shape index (κ3) is 4.16. The molecule has 1 aliphatic heterocycles. The number of aliphatic hydroxyl groups is 1. The molecule has 0 unspecified atom stereocenters. The fourth-order valence-electron chi connectivity index (χ4n) is 3.69. The van der Waals surface area contributed by atoms with Crippen molar-refractivity contribution in [3.8, 4) is 17.3 Å². The maximum absolute atomic E-state index is 13.5. The summed E-state index contributed by atoms with van der Waals surface area (Å²) in [5.74, 6) is -0.626. The van der Waals surface area contributed by atoms with Gasteiger partial charge in [-0.05, 0) is 11.5 Å². The Hall–Kier alpha value is -3.32. The van der Waals surface area contributed by atoms with Gasteiger partial charge in [-0.3, -0.25) is 14.6 Å². The summed E-state index contributed by atoms with van der Waals surface area (Å²) in [4.78, 5) is 31.2. The van der Waals surface area contributed by atoms with Crippen LogP contribution in [0.2, 0.25) is 0 Å². The van der Waals surface area contributed by atoms with Gasteiger partial charge in [0.2, 0.25) is 11.8 Å². The van der Waals surface area contributed by atoms with Gasteiger partial charge >= 0.3 is 0 Å². The lowest BCUT2D eigenvalue weighted by Crippen LogP contribution is -2.49. The normalized spacial score (nSPS) is 19.9. The highest BCUT2D eigenvalue weighted by Gasteiger charge is 2.45. The Morgan fingerprint density at radius 1 is 1.37 bits per heavy atom. The molecule has 30 heavy (non-hydrogen) atoms. The van der Waals surface area contributed by atoms with E-state index < -0.39 is 23.6 Å². The largest absolute Gasteiger partial charge is 0.391 e. The molecule has 3 atom stereocenters. The molecular formula is C20H25N7O3. The van der Waals surface area contributed by atoms with E-state index in [0.717, 1.165) is 0 Å². The van der Waals surface area contributed by atoms with E-state index in [1.54, 1.807) is 18.5 Å². The topological polar surface area (TPSA) is 137 Å². The summed E-state index contributed by atoms with van der Waals surface area (Å²) in [6, 6.07) is 2.20. The fraction of sp³-hybridized carbons (Fsp3) is 0.500. The molecule has 1 aliphatic rings. The van der Waals surface area contributed by atoms with Crippen molar-refractivity contribution in [3.63, 3.8) is 0 Å². The maximum atomic E-state index is 13.5. The molecule has 158 valence electrons. The smallest absolute Gasteiger partial charge is 0.248 e. The monoisotopic (exact) mass is 411 g/mol. The van der Waals surface area contributed by atoms with Crippen molar-refractivity contribution in [1.82, 2.24) is 30.2 Å². The second kappa shape index (κ2) is 8.20. The van der Waals surface area contributed by atoms with Crippen LogP contribution in [-0.2, 0) is 9.59 Å². The summed E-state index contributed by atoms with van der Waals surface area (Å²) in [5.41, 5.74) is 0.937. The van der Waals surface area contributed by atoms with Gasteiger partial charge in [0.25, 0.3) is 0 Å². The van der Waals surface area contributed by atoms with Crippen LogP contribution in [0.1, 0.15) is 38.8 Å². The number of carbonyl (C=O) groups excluding carboxylic acids is 2. The van der Waals surface area contributed by atoms with Crippen LogP contribution in [0, 0.1) is 16.7 Å². The predicted molar refractivity (Wildman–Crippen MR) is 107 cm³/mol. The first-order chi connectivity index (χ1) is 14.2. The SMILES string of the molecule is CNC(=O)[C@@H]1C[C@@H](O)CN1C(=O)[C@@H](n1cc(-c2cncc(C#N)c2)nn1)C(C)(C)C. The first-order valence-corrected chi connectivity index (χ1v) is 9.63. The van der Waals surface area contributed by atoms with Gasteiger partial charge in [-0.1, -0.05) is 26.0 Å².